The van der Waals surface area contributed by atoms with E-state index < -0.39 is 5.97 Å². The highest BCUT2D eigenvalue weighted by molar-refractivity contribution is 7.16. The first-order chi connectivity index (χ1) is 9.04. The highest BCUT2D eigenvalue weighted by Gasteiger charge is 2.30. The van der Waals surface area contributed by atoms with E-state index in [1.807, 2.05) is 12.1 Å². The van der Waals surface area contributed by atoms with E-state index in [1.165, 1.54) is 11.3 Å². The molecule has 1 fully saturated rings. The van der Waals surface area contributed by atoms with Gasteiger partial charge in [-0.3, -0.25) is 9.59 Å². The van der Waals surface area contributed by atoms with Gasteiger partial charge in [-0.1, -0.05) is 11.6 Å². The standard InChI is InChI=1S/C13H16ClNO3S/c14-11-5-3-10(19-11)4-6-12(16)15-9-2-1-8(7-9)13(17)18/h3,5,8-9H,1-2,4,6-7H2,(H,15,16)(H,17,18)/t8-,9-/m1/s1. The number of carboxylic acid groups (broad SMARTS) is 1. The zero-order chi connectivity index (χ0) is 13.8. The van der Waals surface area contributed by atoms with Crippen LogP contribution in [0.3, 0.4) is 0 Å². The van der Waals surface area contributed by atoms with E-state index in [2.05, 4.69) is 5.32 Å². The predicted molar refractivity (Wildman–Crippen MR) is 74.6 cm³/mol. The number of thiophene rings is 1. The highest BCUT2D eigenvalue weighted by Crippen LogP contribution is 2.26. The first kappa shape index (κ1) is 14.3. The fourth-order valence-corrected chi connectivity index (χ4v) is 3.45. The summed E-state index contributed by atoms with van der Waals surface area (Å²) in [4.78, 5) is 23.7. The lowest BCUT2D eigenvalue weighted by Gasteiger charge is -2.12. The Balaban J connectivity index is 1.72. The minimum Gasteiger partial charge on any atom is -0.481 e. The zero-order valence-electron chi connectivity index (χ0n) is 10.4. The van der Waals surface area contributed by atoms with E-state index in [4.69, 9.17) is 16.7 Å². The van der Waals surface area contributed by atoms with Gasteiger partial charge in [-0.05, 0) is 37.8 Å². The highest BCUT2D eigenvalue weighted by atomic mass is 35.5. The second-order valence-corrected chi connectivity index (χ2v) is 6.62. The monoisotopic (exact) mass is 301 g/mol. The van der Waals surface area contributed by atoms with Crippen molar-refractivity contribution in [2.75, 3.05) is 0 Å². The van der Waals surface area contributed by atoms with Crippen molar-refractivity contribution in [2.24, 2.45) is 5.92 Å². The molecule has 1 amide bonds. The van der Waals surface area contributed by atoms with Crippen molar-refractivity contribution >= 4 is 34.8 Å². The van der Waals surface area contributed by atoms with Gasteiger partial charge < -0.3 is 10.4 Å². The van der Waals surface area contributed by atoms with Crippen LogP contribution < -0.4 is 5.32 Å². The Kier molecular flexibility index (Phi) is 4.82. The van der Waals surface area contributed by atoms with Crippen LogP contribution in [0.4, 0.5) is 0 Å². The van der Waals surface area contributed by atoms with Crippen LogP contribution in [-0.2, 0) is 16.0 Å². The Morgan fingerprint density at radius 1 is 1.42 bits per heavy atom. The Morgan fingerprint density at radius 3 is 2.79 bits per heavy atom. The summed E-state index contributed by atoms with van der Waals surface area (Å²) in [5, 5.41) is 11.8. The SMILES string of the molecule is O=C(CCc1ccc(Cl)s1)N[C@@H]1CC[C@@H](C(=O)O)C1. The van der Waals surface area contributed by atoms with Gasteiger partial charge in [-0.15, -0.1) is 11.3 Å². The van der Waals surface area contributed by atoms with Crippen LogP contribution in [0.15, 0.2) is 12.1 Å². The van der Waals surface area contributed by atoms with Gasteiger partial charge in [0.15, 0.2) is 0 Å². The molecule has 2 N–H and O–H groups in total. The van der Waals surface area contributed by atoms with Crippen LogP contribution in [-0.4, -0.2) is 23.0 Å². The van der Waals surface area contributed by atoms with Crippen molar-refractivity contribution in [1.82, 2.24) is 5.32 Å². The topological polar surface area (TPSA) is 66.4 Å². The van der Waals surface area contributed by atoms with Gasteiger partial charge in [0.1, 0.15) is 0 Å². The van der Waals surface area contributed by atoms with Crippen LogP contribution in [0.2, 0.25) is 4.34 Å². The van der Waals surface area contributed by atoms with E-state index >= 15 is 0 Å². The number of carbonyl (C=O) groups excluding carboxylic acids is 1. The van der Waals surface area contributed by atoms with Crippen molar-refractivity contribution in [3.63, 3.8) is 0 Å². The van der Waals surface area contributed by atoms with Crippen LogP contribution in [0.1, 0.15) is 30.6 Å². The lowest BCUT2D eigenvalue weighted by atomic mass is 10.1. The van der Waals surface area contributed by atoms with Crippen molar-refractivity contribution in [2.45, 2.75) is 38.1 Å². The molecule has 4 nitrogen and oxygen atoms in total. The number of halogens is 1. The van der Waals surface area contributed by atoms with Crippen LogP contribution in [0, 0.1) is 5.92 Å². The minimum absolute atomic E-state index is 0.0134. The molecule has 1 heterocycles. The summed E-state index contributed by atoms with van der Waals surface area (Å²) < 4.78 is 0.732. The van der Waals surface area contributed by atoms with Gasteiger partial charge in [0.05, 0.1) is 10.3 Å². The molecule has 1 aromatic rings. The number of carbonyl (C=O) groups is 2. The summed E-state index contributed by atoms with van der Waals surface area (Å²) in [6, 6.07) is 3.77. The average molecular weight is 302 g/mol. The molecule has 104 valence electrons. The van der Waals surface area contributed by atoms with Crippen LogP contribution in [0.5, 0.6) is 0 Å². The molecular weight excluding hydrogens is 286 g/mol. The molecule has 19 heavy (non-hydrogen) atoms. The first-order valence-electron chi connectivity index (χ1n) is 6.31. The van der Waals surface area contributed by atoms with Gasteiger partial charge in [-0.25, -0.2) is 0 Å². The van der Waals surface area contributed by atoms with Gasteiger partial charge >= 0.3 is 5.97 Å². The minimum atomic E-state index is -0.759. The fourth-order valence-electron chi connectivity index (χ4n) is 2.36. The molecule has 0 bridgehead atoms. The molecule has 2 rings (SSSR count). The van der Waals surface area contributed by atoms with Crippen LogP contribution in [0.25, 0.3) is 0 Å². The number of hydrogen-bond acceptors (Lipinski definition) is 3. The Hall–Kier alpha value is -1.07. The lowest BCUT2D eigenvalue weighted by Crippen LogP contribution is -2.33. The number of rotatable bonds is 5. The largest absolute Gasteiger partial charge is 0.481 e. The van der Waals surface area contributed by atoms with Crippen LogP contribution >= 0.6 is 22.9 Å². The molecule has 0 saturated heterocycles. The summed E-state index contributed by atoms with van der Waals surface area (Å²) in [5.41, 5.74) is 0. The number of aliphatic carboxylic acids is 1. The Morgan fingerprint density at radius 2 is 2.21 bits per heavy atom. The molecule has 0 aromatic carbocycles. The summed E-state index contributed by atoms with van der Waals surface area (Å²) in [6.45, 7) is 0. The van der Waals surface area contributed by atoms with Gasteiger partial charge in [-0.2, -0.15) is 0 Å². The lowest BCUT2D eigenvalue weighted by molar-refractivity contribution is -0.141. The molecule has 0 unspecified atom stereocenters. The summed E-state index contributed by atoms with van der Waals surface area (Å²) in [5.74, 6) is -1.08. The number of nitrogens with one attached hydrogen (secondary N) is 1. The van der Waals surface area contributed by atoms with Crippen molar-refractivity contribution < 1.29 is 14.7 Å². The maximum absolute atomic E-state index is 11.8. The quantitative estimate of drug-likeness (QED) is 0.879. The second-order valence-electron chi connectivity index (χ2n) is 4.82. The zero-order valence-corrected chi connectivity index (χ0v) is 12.0. The third kappa shape index (κ3) is 4.21. The Bertz CT molecular complexity index is 474. The van der Waals surface area contributed by atoms with Crippen molar-refractivity contribution in [1.29, 1.82) is 0 Å². The number of hydrogen-bond donors (Lipinski definition) is 2. The maximum atomic E-state index is 11.8. The number of amides is 1. The van der Waals surface area contributed by atoms with Gasteiger partial charge in [0.25, 0.3) is 0 Å². The van der Waals surface area contributed by atoms with E-state index in [1.54, 1.807) is 0 Å². The molecule has 1 aromatic heterocycles. The number of carboxylic acids is 1. The molecule has 0 aliphatic heterocycles. The summed E-state index contributed by atoms with van der Waals surface area (Å²) in [6.07, 6.45) is 3.06. The molecule has 0 spiro atoms. The fraction of sp³-hybridized carbons (Fsp3) is 0.538. The van der Waals surface area contributed by atoms with E-state index in [-0.39, 0.29) is 17.9 Å². The molecule has 1 aliphatic carbocycles. The predicted octanol–water partition coefficient (Wildman–Crippen LogP) is 2.70. The van der Waals surface area contributed by atoms with E-state index in [0.717, 1.165) is 15.6 Å². The van der Waals surface area contributed by atoms with Crippen molar-refractivity contribution in [3.05, 3.63) is 21.3 Å². The van der Waals surface area contributed by atoms with Crippen molar-refractivity contribution in [3.8, 4) is 0 Å². The van der Waals surface area contributed by atoms with E-state index in [9.17, 15) is 9.59 Å². The number of aryl methyl sites for hydroxylation is 1. The van der Waals surface area contributed by atoms with E-state index in [0.29, 0.717) is 25.7 Å². The average Bonchev–Trinajstić information content (AvgIpc) is 2.96. The second kappa shape index (κ2) is 6.39. The summed E-state index contributed by atoms with van der Waals surface area (Å²) in [7, 11) is 0. The Labute approximate surface area is 120 Å². The molecular formula is C13H16ClNO3S. The molecule has 6 heteroatoms. The molecule has 1 saturated carbocycles. The summed E-state index contributed by atoms with van der Waals surface area (Å²) >= 11 is 7.31. The molecule has 2 atom stereocenters. The van der Waals surface area contributed by atoms with Gasteiger partial charge in [0.2, 0.25) is 5.91 Å². The smallest absolute Gasteiger partial charge is 0.306 e. The molecule has 0 radical (unpaired) electrons. The third-order valence-electron chi connectivity index (χ3n) is 3.37. The maximum Gasteiger partial charge on any atom is 0.306 e. The molecule has 1 aliphatic rings. The third-order valence-corrected chi connectivity index (χ3v) is 4.67. The normalized spacial score (nSPS) is 22.4. The first-order valence-corrected chi connectivity index (χ1v) is 7.50. The van der Waals surface area contributed by atoms with Gasteiger partial charge in [0, 0.05) is 17.3 Å².